The Hall–Kier alpha value is -3.58. The molecule has 1 aliphatic rings. The minimum atomic E-state index is -4.03. The first-order valence-corrected chi connectivity index (χ1v) is 16.5. The highest BCUT2D eigenvalue weighted by Crippen LogP contribution is 2.31. The average Bonchev–Trinajstić information content (AvgIpc) is 3.04. The lowest BCUT2D eigenvalue weighted by Gasteiger charge is -2.42. The van der Waals surface area contributed by atoms with Gasteiger partial charge in [0.25, 0.3) is 0 Å². The Labute approximate surface area is 267 Å². The predicted octanol–water partition coefficient (Wildman–Crippen LogP) is 4.10. The number of sulfonamides is 1. The van der Waals surface area contributed by atoms with Gasteiger partial charge in [0.2, 0.25) is 10.0 Å². The molecule has 0 aliphatic carbocycles. The molecule has 0 spiro atoms. The van der Waals surface area contributed by atoms with Gasteiger partial charge in [-0.2, -0.15) is 4.31 Å². The number of benzene rings is 2. The number of methoxy groups -OCH3 is 4. The summed E-state index contributed by atoms with van der Waals surface area (Å²) in [6.45, 7) is 10.2. The molecule has 4 rings (SSSR count). The zero-order valence-corrected chi connectivity index (χ0v) is 28.1. The van der Waals surface area contributed by atoms with E-state index in [2.05, 4.69) is 35.6 Å². The van der Waals surface area contributed by atoms with E-state index < -0.39 is 21.9 Å². The van der Waals surface area contributed by atoms with Gasteiger partial charge in [-0.05, 0) is 39.0 Å². The summed E-state index contributed by atoms with van der Waals surface area (Å²) >= 11 is 0. The van der Waals surface area contributed by atoms with Crippen LogP contribution in [0.15, 0.2) is 54.7 Å². The van der Waals surface area contributed by atoms with Crippen LogP contribution in [0.4, 0.5) is 5.82 Å². The molecule has 246 valence electrons. The molecular weight excluding hydrogens is 596 g/mol. The molecule has 1 N–H and O–H groups in total. The highest BCUT2D eigenvalue weighted by Gasteiger charge is 2.30. The Balaban J connectivity index is 1.55. The average molecular weight is 643 g/mol. The number of aliphatic hydroxyl groups excluding tert-OH is 1. The first-order chi connectivity index (χ1) is 21.4. The number of rotatable bonds is 13. The fraction of sp³-hybridized carbons (Fsp3) is 0.485. The van der Waals surface area contributed by atoms with Gasteiger partial charge < -0.3 is 29.0 Å². The molecule has 3 aromatic rings. The van der Waals surface area contributed by atoms with Crippen LogP contribution in [0.25, 0.3) is 0 Å². The Morgan fingerprint density at radius 1 is 0.822 bits per heavy atom. The maximum Gasteiger partial charge on any atom is 0.217 e. The van der Waals surface area contributed by atoms with Gasteiger partial charge in [0.05, 0.1) is 40.3 Å². The summed E-state index contributed by atoms with van der Waals surface area (Å²) in [6, 6.07) is 14.1. The number of nitrogens with zero attached hydrogens (tertiary/aromatic N) is 4. The summed E-state index contributed by atoms with van der Waals surface area (Å²) in [5.41, 5.74) is 1.83. The fourth-order valence-corrected chi connectivity index (χ4v) is 6.86. The van der Waals surface area contributed by atoms with Gasteiger partial charge in [-0.3, -0.25) is 4.90 Å². The Morgan fingerprint density at radius 3 is 1.78 bits per heavy atom. The molecular formula is C33H46N4O7S. The maximum atomic E-state index is 14.0. The van der Waals surface area contributed by atoms with Crippen LogP contribution in [0, 0.1) is 0 Å². The van der Waals surface area contributed by atoms with Gasteiger partial charge in [-0.25, -0.2) is 13.4 Å². The van der Waals surface area contributed by atoms with Crippen molar-refractivity contribution in [3.63, 3.8) is 0 Å². The third kappa shape index (κ3) is 8.57. The van der Waals surface area contributed by atoms with E-state index >= 15 is 0 Å². The van der Waals surface area contributed by atoms with Crippen molar-refractivity contribution in [2.45, 2.75) is 45.5 Å². The number of ether oxygens (including phenoxy) is 4. The van der Waals surface area contributed by atoms with E-state index in [-0.39, 0.29) is 18.6 Å². The van der Waals surface area contributed by atoms with Crippen LogP contribution in [-0.4, -0.2) is 93.6 Å². The van der Waals surface area contributed by atoms with Crippen LogP contribution < -0.4 is 23.8 Å². The van der Waals surface area contributed by atoms with E-state index in [4.69, 9.17) is 18.9 Å². The van der Waals surface area contributed by atoms with Crippen molar-refractivity contribution in [1.82, 2.24) is 14.2 Å². The lowest BCUT2D eigenvalue weighted by Crippen LogP contribution is -2.53. The number of hydrogen-bond donors (Lipinski definition) is 1. The van der Waals surface area contributed by atoms with Crippen LogP contribution in [0.1, 0.15) is 43.6 Å². The highest BCUT2D eigenvalue weighted by atomic mass is 32.2. The van der Waals surface area contributed by atoms with Gasteiger partial charge in [-0.15, -0.1) is 0 Å². The second-order valence-corrected chi connectivity index (χ2v) is 14.0. The second kappa shape index (κ2) is 14.7. The normalized spacial score (nSPS) is 15.2. The molecule has 1 saturated heterocycles. The van der Waals surface area contributed by atoms with Gasteiger partial charge >= 0.3 is 0 Å². The van der Waals surface area contributed by atoms with Gasteiger partial charge in [0.1, 0.15) is 28.8 Å². The lowest BCUT2D eigenvalue weighted by molar-refractivity contribution is 0.128. The zero-order valence-electron chi connectivity index (χ0n) is 27.3. The number of aliphatic hydroxyl groups is 1. The first-order valence-electron chi connectivity index (χ1n) is 14.9. The van der Waals surface area contributed by atoms with Crippen molar-refractivity contribution in [2.24, 2.45) is 0 Å². The smallest absolute Gasteiger partial charge is 0.217 e. The van der Waals surface area contributed by atoms with E-state index in [0.29, 0.717) is 39.7 Å². The fourth-order valence-electron chi connectivity index (χ4n) is 5.39. The molecule has 0 bridgehead atoms. The van der Waals surface area contributed by atoms with E-state index in [0.717, 1.165) is 32.0 Å². The minimum Gasteiger partial charge on any atom is -0.497 e. The van der Waals surface area contributed by atoms with Crippen LogP contribution in [0.5, 0.6) is 23.0 Å². The molecule has 2 aromatic carbocycles. The Morgan fingerprint density at radius 2 is 1.36 bits per heavy atom. The van der Waals surface area contributed by atoms with Crippen molar-refractivity contribution >= 4 is 15.8 Å². The summed E-state index contributed by atoms with van der Waals surface area (Å²) in [7, 11) is 2.12. The Bertz CT molecular complexity index is 1460. The van der Waals surface area contributed by atoms with Gasteiger partial charge in [0.15, 0.2) is 0 Å². The van der Waals surface area contributed by atoms with E-state index in [1.807, 2.05) is 6.07 Å². The molecule has 1 fully saturated rings. The molecule has 45 heavy (non-hydrogen) atoms. The largest absolute Gasteiger partial charge is 0.497 e. The quantitative estimate of drug-likeness (QED) is 0.292. The van der Waals surface area contributed by atoms with Crippen molar-refractivity contribution < 1.29 is 32.5 Å². The van der Waals surface area contributed by atoms with Crippen LogP contribution in [0.2, 0.25) is 0 Å². The molecule has 0 saturated carbocycles. The molecule has 2 heterocycles. The monoisotopic (exact) mass is 642 g/mol. The molecule has 1 aliphatic heterocycles. The Kier molecular flexibility index (Phi) is 11.2. The maximum absolute atomic E-state index is 14.0. The lowest BCUT2D eigenvalue weighted by atomic mass is 10.0. The summed E-state index contributed by atoms with van der Waals surface area (Å²) in [6.07, 6.45) is 0.280. The van der Waals surface area contributed by atoms with E-state index in [9.17, 15) is 13.5 Å². The molecule has 1 aromatic heterocycles. The van der Waals surface area contributed by atoms with Crippen molar-refractivity contribution in [3.05, 3.63) is 71.4 Å². The van der Waals surface area contributed by atoms with Crippen molar-refractivity contribution in [2.75, 3.05) is 65.3 Å². The van der Waals surface area contributed by atoms with Crippen molar-refractivity contribution in [3.8, 4) is 23.0 Å². The SMILES string of the molecule is COc1ccc(CN(Cc2ccc(OC)cc2OC)S(=O)(=O)CC(O)c2ccc(N3CCN(C(C)(C)C)CC3)nc2)c(OC)c1. The highest BCUT2D eigenvalue weighted by molar-refractivity contribution is 7.89. The number of hydrogen-bond acceptors (Lipinski definition) is 10. The van der Waals surface area contributed by atoms with E-state index in [1.54, 1.807) is 62.9 Å². The number of piperazine rings is 1. The summed E-state index contributed by atoms with van der Waals surface area (Å²) in [4.78, 5) is 9.24. The van der Waals surface area contributed by atoms with E-state index in [1.165, 1.54) is 18.5 Å². The molecule has 1 atom stereocenters. The van der Waals surface area contributed by atoms with Crippen LogP contribution in [0.3, 0.4) is 0 Å². The minimum absolute atomic E-state index is 0.00483. The third-order valence-corrected chi connectivity index (χ3v) is 9.93. The number of anilines is 1. The summed E-state index contributed by atoms with van der Waals surface area (Å²) in [5.74, 6) is 2.42. The summed E-state index contributed by atoms with van der Waals surface area (Å²) in [5, 5.41) is 11.2. The standard InChI is InChI=1S/C33H46N4O7S/c1-33(2,3)36-16-14-35(15-17-36)32-13-10-24(20-34-32)29(38)23-45(39,40)37(21-25-8-11-27(41-4)18-30(25)43-6)22-26-9-12-28(42-5)19-31(26)44-7/h8-13,18-20,29,38H,14-17,21-23H2,1-7H3. The van der Waals surface area contributed by atoms with Crippen LogP contribution >= 0.6 is 0 Å². The van der Waals surface area contributed by atoms with Gasteiger partial charge in [-0.1, -0.05) is 18.2 Å². The topological polar surface area (TPSA) is 114 Å². The third-order valence-electron chi connectivity index (χ3n) is 8.15. The van der Waals surface area contributed by atoms with Crippen molar-refractivity contribution in [1.29, 1.82) is 0 Å². The number of aromatic nitrogens is 1. The molecule has 1 unspecified atom stereocenters. The zero-order chi connectivity index (χ0) is 32.8. The van der Waals surface area contributed by atoms with Crippen LogP contribution in [-0.2, 0) is 23.1 Å². The molecule has 0 radical (unpaired) electrons. The molecule has 12 heteroatoms. The molecule has 11 nitrogen and oxygen atoms in total. The molecule has 0 amide bonds. The second-order valence-electron chi connectivity index (χ2n) is 12.0. The number of pyridine rings is 1. The predicted molar refractivity (Wildman–Crippen MR) is 175 cm³/mol. The summed E-state index contributed by atoms with van der Waals surface area (Å²) < 4.78 is 51.0. The van der Waals surface area contributed by atoms with Gasteiger partial charge in [0, 0.05) is 79.8 Å². The first kappa shape index (κ1) is 34.3.